The van der Waals surface area contributed by atoms with Gasteiger partial charge in [0, 0.05) is 14.1 Å². The molecule has 0 bridgehead atoms. The van der Waals surface area contributed by atoms with Crippen LogP contribution in [0, 0.1) is 0 Å². The standard InChI is InChI=1S/C5H11NOS.Na.H/c1-4-7-5(8)6(2)3;;/h4H2,1-3H3;;/q;+1;-1. The Kier molecular flexibility index (Phi) is 9.36. The molecule has 50 valence electrons. The normalized spacial score (nSPS) is 7.44. The molecule has 0 N–H and O–H groups in total. The van der Waals surface area contributed by atoms with Crippen molar-refractivity contribution >= 4 is 17.4 Å². The monoisotopic (exact) mass is 157 g/mol. The van der Waals surface area contributed by atoms with Crippen LogP contribution in [0.4, 0.5) is 0 Å². The van der Waals surface area contributed by atoms with Crippen molar-refractivity contribution in [2.45, 2.75) is 6.92 Å². The van der Waals surface area contributed by atoms with Crippen molar-refractivity contribution in [1.29, 1.82) is 0 Å². The molecule has 0 saturated heterocycles. The van der Waals surface area contributed by atoms with Crippen LogP contribution in [0.25, 0.3) is 0 Å². The Balaban J connectivity index is -0.000000245. The van der Waals surface area contributed by atoms with E-state index in [-0.39, 0.29) is 31.0 Å². The van der Waals surface area contributed by atoms with Crippen LogP contribution in [0.5, 0.6) is 0 Å². The average Bonchev–Trinajstić information content (AvgIpc) is 1.67. The van der Waals surface area contributed by atoms with Gasteiger partial charge in [-0.25, -0.2) is 0 Å². The van der Waals surface area contributed by atoms with Crippen LogP contribution in [0.15, 0.2) is 0 Å². The van der Waals surface area contributed by atoms with Crippen LogP contribution >= 0.6 is 12.2 Å². The first-order chi connectivity index (χ1) is 3.68. The summed E-state index contributed by atoms with van der Waals surface area (Å²) >= 11 is 4.78. The van der Waals surface area contributed by atoms with Crippen LogP contribution < -0.4 is 29.6 Å². The Hall–Kier alpha value is 0.690. The van der Waals surface area contributed by atoms with E-state index in [4.69, 9.17) is 17.0 Å². The molecule has 0 amide bonds. The van der Waals surface area contributed by atoms with Gasteiger partial charge in [-0.05, 0) is 19.1 Å². The summed E-state index contributed by atoms with van der Waals surface area (Å²) in [5.74, 6) is 0. The van der Waals surface area contributed by atoms with Crippen molar-refractivity contribution in [3.8, 4) is 0 Å². The molecule has 9 heavy (non-hydrogen) atoms. The van der Waals surface area contributed by atoms with Gasteiger partial charge in [-0.3, -0.25) is 0 Å². The van der Waals surface area contributed by atoms with Crippen molar-refractivity contribution in [3.63, 3.8) is 0 Å². The molecule has 0 aliphatic rings. The van der Waals surface area contributed by atoms with Crippen LogP contribution in [0.2, 0.25) is 0 Å². The summed E-state index contributed by atoms with van der Waals surface area (Å²) in [6.45, 7) is 2.56. The summed E-state index contributed by atoms with van der Waals surface area (Å²) in [4.78, 5) is 1.76. The molecule has 0 heterocycles. The van der Waals surface area contributed by atoms with Gasteiger partial charge in [-0.2, -0.15) is 0 Å². The molecule has 0 fully saturated rings. The van der Waals surface area contributed by atoms with E-state index in [0.717, 1.165) is 0 Å². The number of ether oxygens (including phenoxy) is 1. The molecule has 0 unspecified atom stereocenters. The molecule has 0 spiro atoms. The minimum absolute atomic E-state index is 0. The van der Waals surface area contributed by atoms with Crippen LogP contribution in [-0.4, -0.2) is 30.8 Å². The first kappa shape index (κ1) is 12.4. The molecule has 0 aromatic heterocycles. The third kappa shape index (κ3) is 6.58. The fourth-order valence-corrected chi connectivity index (χ4v) is 0.370. The number of thiocarbonyl (C=S) groups is 1. The van der Waals surface area contributed by atoms with Gasteiger partial charge >= 0.3 is 29.6 Å². The minimum atomic E-state index is 0. The zero-order chi connectivity index (χ0) is 6.57. The Morgan fingerprint density at radius 3 is 2.22 bits per heavy atom. The number of rotatable bonds is 1. The van der Waals surface area contributed by atoms with E-state index in [1.165, 1.54) is 0 Å². The Labute approximate surface area is 85.3 Å². The predicted octanol–water partition coefficient (Wildman–Crippen LogP) is -2.01. The van der Waals surface area contributed by atoms with Gasteiger partial charge < -0.3 is 11.1 Å². The van der Waals surface area contributed by atoms with Crippen molar-refractivity contribution in [1.82, 2.24) is 4.90 Å². The quantitative estimate of drug-likeness (QED) is 0.322. The molecular formula is C5H12NNaOS. The predicted molar refractivity (Wildman–Crippen MR) is 39.0 cm³/mol. The maximum Gasteiger partial charge on any atom is 1.00 e. The Morgan fingerprint density at radius 2 is 2.11 bits per heavy atom. The van der Waals surface area contributed by atoms with Gasteiger partial charge in [0.1, 0.15) is 0 Å². The minimum Gasteiger partial charge on any atom is -1.00 e. The van der Waals surface area contributed by atoms with E-state index >= 15 is 0 Å². The van der Waals surface area contributed by atoms with Gasteiger partial charge in [0.2, 0.25) is 0 Å². The number of nitrogens with zero attached hydrogens (tertiary/aromatic N) is 1. The summed E-state index contributed by atoms with van der Waals surface area (Å²) in [7, 11) is 3.72. The van der Waals surface area contributed by atoms with E-state index in [1.54, 1.807) is 4.90 Å². The summed E-state index contributed by atoms with van der Waals surface area (Å²) in [6.07, 6.45) is 0. The fraction of sp³-hybridized carbons (Fsp3) is 0.800. The van der Waals surface area contributed by atoms with Crippen LogP contribution in [-0.2, 0) is 4.74 Å². The third-order valence-corrected chi connectivity index (χ3v) is 1.12. The molecule has 0 rings (SSSR count). The van der Waals surface area contributed by atoms with Gasteiger partial charge in [-0.15, -0.1) is 0 Å². The molecule has 0 aromatic carbocycles. The molecular weight excluding hydrogens is 145 g/mol. The van der Waals surface area contributed by atoms with Gasteiger partial charge in [0.15, 0.2) is 0 Å². The SMILES string of the molecule is CCOC(=S)N(C)C.[H-].[Na+]. The second-order valence-electron chi connectivity index (χ2n) is 1.59. The summed E-state index contributed by atoms with van der Waals surface area (Å²) in [5.41, 5.74) is 0. The van der Waals surface area contributed by atoms with E-state index in [2.05, 4.69) is 0 Å². The first-order valence-electron chi connectivity index (χ1n) is 2.52. The Morgan fingerprint density at radius 1 is 1.67 bits per heavy atom. The van der Waals surface area contributed by atoms with E-state index in [1.807, 2.05) is 21.0 Å². The first-order valence-corrected chi connectivity index (χ1v) is 2.93. The van der Waals surface area contributed by atoms with Crippen molar-refractivity contribution < 1.29 is 35.7 Å². The zero-order valence-corrected chi connectivity index (χ0v) is 9.29. The second kappa shape index (κ2) is 6.81. The third-order valence-electron chi connectivity index (χ3n) is 0.633. The summed E-state index contributed by atoms with van der Waals surface area (Å²) in [5, 5.41) is 0.549. The van der Waals surface area contributed by atoms with E-state index in [0.29, 0.717) is 11.8 Å². The average molecular weight is 157 g/mol. The summed E-state index contributed by atoms with van der Waals surface area (Å²) < 4.78 is 4.96. The zero-order valence-electron chi connectivity index (χ0n) is 7.47. The molecule has 0 saturated carbocycles. The molecule has 0 aromatic rings. The molecule has 0 atom stereocenters. The summed E-state index contributed by atoms with van der Waals surface area (Å²) in [6, 6.07) is 0. The number of hydrogen-bond donors (Lipinski definition) is 0. The van der Waals surface area contributed by atoms with Crippen molar-refractivity contribution in [2.75, 3.05) is 20.7 Å². The molecule has 4 heteroatoms. The topological polar surface area (TPSA) is 12.5 Å². The van der Waals surface area contributed by atoms with Crippen LogP contribution in [0.3, 0.4) is 0 Å². The maximum absolute atomic E-state index is 4.96. The van der Waals surface area contributed by atoms with Crippen molar-refractivity contribution in [3.05, 3.63) is 0 Å². The van der Waals surface area contributed by atoms with E-state index in [9.17, 15) is 0 Å². The molecule has 0 aliphatic carbocycles. The smallest absolute Gasteiger partial charge is 1.00 e. The molecule has 0 radical (unpaired) electrons. The van der Waals surface area contributed by atoms with Gasteiger partial charge in [-0.1, -0.05) is 0 Å². The Bertz CT molecular complexity index is 91.7. The molecule has 0 aliphatic heterocycles. The number of hydrogen-bond acceptors (Lipinski definition) is 2. The van der Waals surface area contributed by atoms with Gasteiger partial charge in [0.25, 0.3) is 5.17 Å². The van der Waals surface area contributed by atoms with Crippen molar-refractivity contribution in [2.24, 2.45) is 0 Å². The fourth-order valence-electron chi connectivity index (χ4n) is 0.253. The van der Waals surface area contributed by atoms with Crippen LogP contribution in [0.1, 0.15) is 8.35 Å². The van der Waals surface area contributed by atoms with E-state index < -0.39 is 0 Å². The van der Waals surface area contributed by atoms with Gasteiger partial charge in [0.05, 0.1) is 6.61 Å². The largest absolute Gasteiger partial charge is 1.00 e. The molecule has 2 nitrogen and oxygen atoms in total. The second-order valence-corrected chi connectivity index (χ2v) is 1.94. The maximum atomic E-state index is 4.96.